The van der Waals surface area contributed by atoms with Gasteiger partial charge in [-0.25, -0.2) is 0 Å². The molecular formula is C22H23ClN2. The molecule has 1 fully saturated rings. The van der Waals surface area contributed by atoms with E-state index < -0.39 is 0 Å². The monoisotopic (exact) mass is 350 g/mol. The zero-order valence-electron chi connectivity index (χ0n) is 14.3. The molecule has 0 aliphatic carbocycles. The van der Waals surface area contributed by atoms with Gasteiger partial charge in [-0.15, -0.1) is 0 Å². The number of allylic oxidation sites excluding steroid dienone is 1. The number of aromatic nitrogens is 1. The van der Waals surface area contributed by atoms with E-state index in [4.69, 9.17) is 11.6 Å². The second kappa shape index (κ2) is 6.70. The molecule has 0 saturated carbocycles. The van der Waals surface area contributed by atoms with Gasteiger partial charge in [0.25, 0.3) is 0 Å². The van der Waals surface area contributed by atoms with Crippen LogP contribution in [0.1, 0.15) is 24.0 Å². The van der Waals surface area contributed by atoms with Crippen molar-refractivity contribution in [3.05, 3.63) is 77.5 Å². The van der Waals surface area contributed by atoms with Crippen molar-refractivity contribution in [3.8, 4) is 0 Å². The van der Waals surface area contributed by atoms with E-state index in [2.05, 4.69) is 65.4 Å². The normalized spacial score (nSPS) is 16.8. The third-order valence-corrected chi connectivity index (χ3v) is 5.84. The Morgan fingerprint density at radius 1 is 1.08 bits per heavy atom. The summed E-state index contributed by atoms with van der Waals surface area (Å²) in [6, 6.07) is 17.1. The Balaban J connectivity index is 1.74. The van der Waals surface area contributed by atoms with Gasteiger partial charge in [0.1, 0.15) is 0 Å². The van der Waals surface area contributed by atoms with Crippen LogP contribution in [-0.4, -0.2) is 18.1 Å². The quantitative estimate of drug-likeness (QED) is 0.643. The van der Waals surface area contributed by atoms with Crippen LogP contribution in [-0.2, 0) is 6.42 Å². The topological polar surface area (TPSA) is 27.8 Å². The van der Waals surface area contributed by atoms with Gasteiger partial charge in [-0.05, 0) is 67.3 Å². The smallest absolute Gasteiger partial charge is 0.0653 e. The molecule has 2 aromatic carbocycles. The first-order chi connectivity index (χ1) is 12.2. The van der Waals surface area contributed by atoms with Gasteiger partial charge in [0, 0.05) is 17.0 Å². The van der Waals surface area contributed by atoms with E-state index in [9.17, 15) is 0 Å². The van der Waals surface area contributed by atoms with E-state index >= 15 is 0 Å². The summed E-state index contributed by atoms with van der Waals surface area (Å²) in [5, 5.41) is 5.41. The van der Waals surface area contributed by atoms with Crippen molar-refractivity contribution in [2.75, 3.05) is 13.1 Å². The molecule has 1 saturated heterocycles. The van der Waals surface area contributed by atoms with Crippen molar-refractivity contribution in [3.63, 3.8) is 0 Å². The molecule has 128 valence electrons. The number of hydrogen-bond donors (Lipinski definition) is 2. The van der Waals surface area contributed by atoms with Crippen LogP contribution in [0.5, 0.6) is 0 Å². The Morgan fingerprint density at radius 3 is 2.60 bits per heavy atom. The predicted molar refractivity (Wildman–Crippen MR) is 107 cm³/mol. The molecule has 25 heavy (non-hydrogen) atoms. The Kier molecular flexibility index (Phi) is 4.41. The van der Waals surface area contributed by atoms with Crippen LogP contribution < -0.4 is 5.32 Å². The standard InChI is InChI=1S/C22H23ClN2/c1-16(19-13-18-7-10-25-21(18)20(23)14-19)22(8-11-24-12-9-22)15-17-5-3-2-4-6-17/h2-7,10,13-14,24-25H,1,8-9,11-12,15H2. The highest BCUT2D eigenvalue weighted by Gasteiger charge is 2.35. The summed E-state index contributed by atoms with van der Waals surface area (Å²) in [4.78, 5) is 3.21. The van der Waals surface area contributed by atoms with Gasteiger partial charge in [0.05, 0.1) is 10.5 Å². The molecular weight excluding hydrogens is 328 g/mol. The van der Waals surface area contributed by atoms with E-state index in [1.165, 1.54) is 11.1 Å². The lowest BCUT2D eigenvalue weighted by Crippen LogP contribution is -2.38. The largest absolute Gasteiger partial charge is 0.360 e. The van der Waals surface area contributed by atoms with Crippen molar-refractivity contribution in [2.24, 2.45) is 5.41 Å². The minimum atomic E-state index is 0.0833. The Morgan fingerprint density at radius 2 is 1.84 bits per heavy atom. The number of fused-ring (bicyclic) bond motifs is 1. The highest BCUT2D eigenvalue weighted by Crippen LogP contribution is 2.45. The summed E-state index contributed by atoms with van der Waals surface area (Å²) in [5.41, 5.74) is 4.83. The number of nitrogens with one attached hydrogen (secondary N) is 2. The molecule has 1 aliphatic heterocycles. The van der Waals surface area contributed by atoms with Crippen molar-refractivity contribution in [2.45, 2.75) is 19.3 Å². The molecule has 0 spiro atoms. The van der Waals surface area contributed by atoms with Gasteiger partial charge in [-0.1, -0.05) is 48.5 Å². The van der Waals surface area contributed by atoms with E-state index in [-0.39, 0.29) is 5.41 Å². The molecule has 2 nitrogen and oxygen atoms in total. The summed E-state index contributed by atoms with van der Waals surface area (Å²) in [6.45, 7) is 6.62. The van der Waals surface area contributed by atoms with Gasteiger partial charge < -0.3 is 10.3 Å². The molecule has 0 amide bonds. The van der Waals surface area contributed by atoms with Crippen LogP contribution in [0.4, 0.5) is 0 Å². The lowest BCUT2D eigenvalue weighted by molar-refractivity contribution is 0.284. The second-order valence-electron chi connectivity index (χ2n) is 7.07. The van der Waals surface area contributed by atoms with Gasteiger partial charge in [-0.2, -0.15) is 0 Å². The SMILES string of the molecule is C=C(c1cc(Cl)c2[nH]ccc2c1)C1(Cc2ccccc2)CCNCC1. The van der Waals surface area contributed by atoms with Gasteiger partial charge in [-0.3, -0.25) is 0 Å². The van der Waals surface area contributed by atoms with Crippen LogP contribution in [0.15, 0.2) is 61.3 Å². The van der Waals surface area contributed by atoms with Crippen molar-refractivity contribution in [1.82, 2.24) is 10.3 Å². The zero-order chi connectivity index (χ0) is 17.3. The minimum Gasteiger partial charge on any atom is -0.360 e. The minimum absolute atomic E-state index is 0.0833. The van der Waals surface area contributed by atoms with Crippen molar-refractivity contribution < 1.29 is 0 Å². The van der Waals surface area contributed by atoms with Gasteiger partial charge >= 0.3 is 0 Å². The fraction of sp³-hybridized carbons (Fsp3) is 0.273. The van der Waals surface area contributed by atoms with E-state index in [1.807, 2.05) is 6.20 Å². The van der Waals surface area contributed by atoms with Crippen molar-refractivity contribution >= 4 is 28.1 Å². The molecule has 4 rings (SSSR count). The van der Waals surface area contributed by atoms with E-state index in [1.54, 1.807) is 0 Å². The molecule has 3 aromatic rings. The number of halogens is 1. The summed E-state index contributed by atoms with van der Waals surface area (Å²) < 4.78 is 0. The predicted octanol–water partition coefficient (Wildman–Crippen LogP) is 5.45. The highest BCUT2D eigenvalue weighted by molar-refractivity contribution is 6.35. The molecule has 0 unspecified atom stereocenters. The summed E-state index contributed by atoms with van der Waals surface area (Å²) in [7, 11) is 0. The molecule has 3 heteroatoms. The second-order valence-corrected chi connectivity index (χ2v) is 7.48. The van der Waals surface area contributed by atoms with Gasteiger partial charge in [0.15, 0.2) is 0 Å². The van der Waals surface area contributed by atoms with E-state index in [0.717, 1.165) is 53.8 Å². The molecule has 1 aromatic heterocycles. The number of benzene rings is 2. The summed E-state index contributed by atoms with van der Waals surface area (Å²) in [6.07, 6.45) is 5.16. The highest BCUT2D eigenvalue weighted by atomic mass is 35.5. The maximum Gasteiger partial charge on any atom is 0.0653 e. The van der Waals surface area contributed by atoms with Crippen molar-refractivity contribution in [1.29, 1.82) is 0 Å². The summed E-state index contributed by atoms with van der Waals surface area (Å²) in [5.74, 6) is 0. The molecule has 2 N–H and O–H groups in total. The van der Waals surface area contributed by atoms with Crippen LogP contribution in [0.3, 0.4) is 0 Å². The Labute approximate surface area is 153 Å². The fourth-order valence-electron chi connectivity index (χ4n) is 4.08. The number of piperidine rings is 1. The molecule has 0 atom stereocenters. The molecule has 2 heterocycles. The van der Waals surface area contributed by atoms with E-state index in [0.29, 0.717) is 0 Å². The first-order valence-corrected chi connectivity index (χ1v) is 9.27. The third-order valence-electron chi connectivity index (χ3n) is 5.55. The molecule has 0 radical (unpaired) electrons. The number of aromatic amines is 1. The number of H-pyrrole nitrogens is 1. The lowest BCUT2D eigenvalue weighted by atomic mass is 9.67. The van der Waals surface area contributed by atoms with Crippen LogP contribution in [0.25, 0.3) is 16.5 Å². The van der Waals surface area contributed by atoms with Crippen LogP contribution >= 0.6 is 11.6 Å². The van der Waals surface area contributed by atoms with Crippen LogP contribution in [0.2, 0.25) is 5.02 Å². The molecule has 1 aliphatic rings. The maximum absolute atomic E-state index is 6.51. The number of hydrogen-bond acceptors (Lipinski definition) is 1. The summed E-state index contributed by atoms with van der Waals surface area (Å²) >= 11 is 6.51. The van der Waals surface area contributed by atoms with Gasteiger partial charge in [0.2, 0.25) is 0 Å². The average Bonchev–Trinajstić information content (AvgIpc) is 3.12. The first-order valence-electron chi connectivity index (χ1n) is 8.89. The zero-order valence-corrected chi connectivity index (χ0v) is 15.1. The Hall–Kier alpha value is -2.03. The maximum atomic E-state index is 6.51. The lowest BCUT2D eigenvalue weighted by Gasteiger charge is -2.40. The fourth-order valence-corrected chi connectivity index (χ4v) is 4.37. The first kappa shape index (κ1) is 16.4. The average molecular weight is 351 g/mol. The Bertz CT molecular complexity index is 889. The van der Waals surface area contributed by atoms with Crippen LogP contribution in [0, 0.1) is 5.41 Å². The third kappa shape index (κ3) is 3.12. The number of rotatable bonds is 4. The molecule has 0 bridgehead atoms.